The second-order valence-electron chi connectivity index (χ2n) is 6.94. The first-order chi connectivity index (χ1) is 11.0. The van der Waals surface area contributed by atoms with Crippen molar-refractivity contribution in [1.82, 2.24) is 10.6 Å². The molecule has 0 heterocycles. The van der Waals surface area contributed by atoms with Gasteiger partial charge in [-0.15, -0.1) is 0 Å². The van der Waals surface area contributed by atoms with Crippen LogP contribution in [0.1, 0.15) is 52.9 Å². The summed E-state index contributed by atoms with van der Waals surface area (Å²) in [6.07, 6.45) is 8.32. The van der Waals surface area contributed by atoms with Crippen LogP contribution in [0.3, 0.4) is 0 Å². The second kappa shape index (κ2) is 7.96. The van der Waals surface area contributed by atoms with Gasteiger partial charge in [0.1, 0.15) is 0 Å². The zero-order valence-electron chi connectivity index (χ0n) is 15.5. The van der Waals surface area contributed by atoms with Crippen LogP contribution >= 0.6 is 0 Å². The van der Waals surface area contributed by atoms with E-state index in [1.54, 1.807) is 0 Å². The lowest BCUT2D eigenvalue weighted by Gasteiger charge is -2.24. The Morgan fingerprint density at radius 2 is 1.91 bits per heavy atom. The molecule has 0 saturated heterocycles. The van der Waals surface area contributed by atoms with Crippen LogP contribution in [0, 0.1) is 11.8 Å². The van der Waals surface area contributed by atoms with Crippen LogP contribution in [0.25, 0.3) is 0 Å². The molecule has 2 saturated carbocycles. The number of hydrogen-bond acceptors (Lipinski definition) is 3. The van der Waals surface area contributed by atoms with Crippen molar-refractivity contribution in [3.63, 3.8) is 0 Å². The number of rotatable bonds is 9. The molecule has 0 bridgehead atoms. The molecular formula is C20H33N3. The van der Waals surface area contributed by atoms with E-state index in [0.717, 1.165) is 18.3 Å². The summed E-state index contributed by atoms with van der Waals surface area (Å²) in [5.41, 5.74) is 6.32. The molecule has 2 aliphatic rings. The van der Waals surface area contributed by atoms with Gasteiger partial charge in [-0.3, -0.25) is 4.99 Å². The molecule has 2 rings (SSSR count). The van der Waals surface area contributed by atoms with Crippen molar-refractivity contribution in [1.29, 1.82) is 0 Å². The SMILES string of the molecule is C=C(/C(C)=C\N/C(C)=C(\C(CC)=NC)C(NC)C1CC1)C1CC1. The number of likely N-dealkylation sites (N-methyl/N-ethyl adjacent to an activating group) is 1. The lowest BCUT2D eigenvalue weighted by Crippen LogP contribution is -2.35. The zero-order chi connectivity index (χ0) is 17.0. The van der Waals surface area contributed by atoms with Crippen molar-refractivity contribution >= 4 is 5.71 Å². The van der Waals surface area contributed by atoms with Crippen LogP contribution in [0.5, 0.6) is 0 Å². The minimum absolute atomic E-state index is 0.404. The van der Waals surface area contributed by atoms with E-state index in [2.05, 4.69) is 56.2 Å². The predicted molar refractivity (Wildman–Crippen MR) is 101 cm³/mol. The van der Waals surface area contributed by atoms with Crippen molar-refractivity contribution in [2.75, 3.05) is 14.1 Å². The van der Waals surface area contributed by atoms with Crippen LogP contribution in [-0.2, 0) is 0 Å². The molecule has 1 atom stereocenters. The van der Waals surface area contributed by atoms with Gasteiger partial charge < -0.3 is 10.6 Å². The van der Waals surface area contributed by atoms with Crippen LogP contribution < -0.4 is 10.6 Å². The minimum Gasteiger partial charge on any atom is -0.365 e. The number of nitrogens with zero attached hydrogens (tertiary/aromatic N) is 1. The van der Waals surface area contributed by atoms with Crippen LogP contribution in [0.15, 0.2) is 40.2 Å². The van der Waals surface area contributed by atoms with Gasteiger partial charge in [0.25, 0.3) is 0 Å². The van der Waals surface area contributed by atoms with Gasteiger partial charge in [0.05, 0.1) is 0 Å². The Balaban J connectivity index is 2.21. The zero-order valence-corrected chi connectivity index (χ0v) is 15.5. The van der Waals surface area contributed by atoms with Crippen molar-refractivity contribution in [2.24, 2.45) is 16.8 Å². The number of nitrogens with one attached hydrogen (secondary N) is 2. The van der Waals surface area contributed by atoms with Gasteiger partial charge in [0, 0.05) is 36.3 Å². The van der Waals surface area contributed by atoms with Gasteiger partial charge in [-0.2, -0.15) is 0 Å². The lowest BCUT2D eigenvalue weighted by atomic mass is 9.94. The summed E-state index contributed by atoms with van der Waals surface area (Å²) in [6.45, 7) is 10.8. The molecule has 1 unspecified atom stereocenters. The molecule has 3 nitrogen and oxygen atoms in total. The highest BCUT2D eigenvalue weighted by molar-refractivity contribution is 6.01. The quantitative estimate of drug-likeness (QED) is 0.494. The molecule has 0 aromatic carbocycles. The highest BCUT2D eigenvalue weighted by atomic mass is 14.9. The van der Waals surface area contributed by atoms with Crippen molar-refractivity contribution in [3.05, 3.63) is 35.2 Å². The standard InChI is InChI=1S/C20H33N3/c1-7-18(21-5)19(20(22-6)17-10-11-17)15(4)23-12-13(2)14(3)16-8-9-16/h12,16-17,20,22-23H,3,7-11H2,1-2,4-6H3/b13-12-,19-15+,21-18?. The van der Waals surface area contributed by atoms with E-state index in [4.69, 9.17) is 0 Å². The maximum Gasteiger partial charge on any atom is 0.0407 e. The monoisotopic (exact) mass is 315 g/mol. The molecule has 0 radical (unpaired) electrons. The summed E-state index contributed by atoms with van der Waals surface area (Å²) < 4.78 is 0. The molecule has 128 valence electrons. The van der Waals surface area contributed by atoms with Gasteiger partial charge in [-0.05, 0) is 76.0 Å². The molecule has 3 heteroatoms. The van der Waals surface area contributed by atoms with Gasteiger partial charge in [-0.25, -0.2) is 0 Å². The van der Waals surface area contributed by atoms with Crippen molar-refractivity contribution in [2.45, 2.75) is 58.9 Å². The summed E-state index contributed by atoms with van der Waals surface area (Å²) >= 11 is 0. The number of allylic oxidation sites excluding steroid dienone is 3. The Morgan fingerprint density at radius 3 is 2.35 bits per heavy atom. The number of aliphatic imine (C=N–C) groups is 1. The Hall–Kier alpha value is -1.35. The van der Waals surface area contributed by atoms with E-state index >= 15 is 0 Å². The van der Waals surface area contributed by atoms with Crippen LogP contribution in [-0.4, -0.2) is 25.8 Å². The average molecular weight is 316 g/mol. The van der Waals surface area contributed by atoms with E-state index in [9.17, 15) is 0 Å². The van der Waals surface area contributed by atoms with E-state index < -0.39 is 0 Å². The molecule has 0 amide bonds. The molecule has 0 aliphatic heterocycles. The number of hydrogen-bond donors (Lipinski definition) is 2. The van der Waals surface area contributed by atoms with Crippen LogP contribution in [0.4, 0.5) is 0 Å². The fourth-order valence-corrected chi connectivity index (χ4v) is 3.28. The lowest BCUT2D eigenvalue weighted by molar-refractivity contribution is 0.575. The van der Waals surface area contributed by atoms with E-state index in [0.29, 0.717) is 6.04 Å². The highest BCUT2D eigenvalue weighted by Crippen LogP contribution is 2.39. The maximum absolute atomic E-state index is 4.55. The van der Waals surface area contributed by atoms with Gasteiger partial charge >= 0.3 is 0 Å². The van der Waals surface area contributed by atoms with E-state index in [1.807, 2.05) is 7.05 Å². The topological polar surface area (TPSA) is 36.4 Å². The van der Waals surface area contributed by atoms with Gasteiger partial charge in [0.15, 0.2) is 0 Å². The fraction of sp³-hybridized carbons (Fsp3) is 0.650. The van der Waals surface area contributed by atoms with Crippen molar-refractivity contribution < 1.29 is 0 Å². The second-order valence-corrected chi connectivity index (χ2v) is 6.94. The third kappa shape index (κ3) is 4.57. The minimum atomic E-state index is 0.404. The first-order valence-electron chi connectivity index (χ1n) is 8.99. The van der Waals surface area contributed by atoms with Gasteiger partial charge in [0.2, 0.25) is 0 Å². The molecule has 0 aromatic rings. The van der Waals surface area contributed by atoms with E-state index in [1.165, 1.54) is 53.8 Å². The molecule has 2 N–H and O–H groups in total. The molecule has 23 heavy (non-hydrogen) atoms. The Kier molecular flexibility index (Phi) is 6.23. The molecular weight excluding hydrogens is 282 g/mol. The molecule has 0 spiro atoms. The summed E-state index contributed by atoms with van der Waals surface area (Å²) in [5.74, 6) is 1.47. The van der Waals surface area contributed by atoms with E-state index in [-0.39, 0.29) is 0 Å². The Morgan fingerprint density at radius 1 is 1.26 bits per heavy atom. The highest BCUT2D eigenvalue weighted by Gasteiger charge is 2.34. The molecule has 2 aliphatic carbocycles. The first-order valence-corrected chi connectivity index (χ1v) is 8.99. The summed E-state index contributed by atoms with van der Waals surface area (Å²) in [5, 5.41) is 7.04. The third-order valence-corrected chi connectivity index (χ3v) is 5.12. The summed E-state index contributed by atoms with van der Waals surface area (Å²) in [7, 11) is 3.97. The Bertz CT molecular complexity index is 531. The predicted octanol–water partition coefficient (Wildman–Crippen LogP) is 4.20. The summed E-state index contributed by atoms with van der Waals surface area (Å²) in [4.78, 5) is 4.55. The first kappa shape index (κ1) is 18.0. The smallest absolute Gasteiger partial charge is 0.0407 e. The largest absolute Gasteiger partial charge is 0.365 e. The van der Waals surface area contributed by atoms with Gasteiger partial charge in [-0.1, -0.05) is 13.5 Å². The molecule has 0 aromatic heterocycles. The molecule has 2 fully saturated rings. The summed E-state index contributed by atoms with van der Waals surface area (Å²) in [6, 6.07) is 0.404. The Labute approximate surface area is 142 Å². The average Bonchev–Trinajstić information content (AvgIpc) is 3.43. The van der Waals surface area contributed by atoms with Crippen molar-refractivity contribution in [3.8, 4) is 0 Å². The third-order valence-electron chi connectivity index (χ3n) is 5.12. The normalized spacial score (nSPS) is 21.8. The fourth-order valence-electron chi connectivity index (χ4n) is 3.28. The maximum atomic E-state index is 4.55. The van der Waals surface area contributed by atoms with Crippen LogP contribution in [0.2, 0.25) is 0 Å².